The summed E-state index contributed by atoms with van der Waals surface area (Å²) in [5.41, 5.74) is 0.357. The maximum atomic E-state index is 14.3. The minimum Gasteiger partial charge on any atom is -0.431 e. The Kier molecular flexibility index (Phi) is 9.51. The van der Waals surface area contributed by atoms with Crippen molar-refractivity contribution in [2.75, 3.05) is 39.4 Å². The number of rotatable bonds is 11. The fraction of sp³-hybridized carbons (Fsp3) is 0.609. The van der Waals surface area contributed by atoms with Crippen LogP contribution in [0.4, 0.5) is 13.6 Å². The minimum atomic E-state index is -3.06. The molecule has 36 heavy (non-hydrogen) atoms. The van der Waals surface area contributed by atoms with Crippen LogP contribution in [-0.2, 0) is 9.53 Å². The van der Waals surface area contributed by atoms with Crippen LogP contribution in [-0.4, -0.2) is 83.1 Å². The van der Waals surface area contributed by atoms with Crippen molar-refractivity contribution < 1.29 is 36.8 Å². The zero-order valence-corrected chi connectivity index (χ0v) is 20.4. The molecule has 198 valence electrons. The van der Waals surface area contributed by atoms with Crippen LogP contribution >= 0.6 is 0 Å². The number of carbonyl (C=O) groups excluding carboxylic acids is 3. The highest BCUT2D eigenvalue weighted by molar-refractivity contribution is 6.02. The van der Waals surface area contributed by atoms with E-state index in [4.69, 9.17) is 13.7 Å². The average Bonchev–Trinajstić information content (AvgIpc) is 3.51. The normalized spacial score (nSPS) is 14.1. The first kappa shape index (κ1) is 27.2. The number of amides is 4. The quantitative estimate of drug-likeness (QED) is 0.486. The topological polar surface area (TPSA) is 131 Å². The van der Waals surface area contributed by atoms with E-state index in [2.05, 4.69) is 15.5 Å². The van der Waals surface area contributed by atoms with Crippen LogP contribution in [0.3, 0.4) is 0 Å². The van der Waals surface area contributed by atoms with Crippen molar-refractivity contribution in [2.45, 2.75) is 51.9 Å². The maximum Gasteiger partial charge on any atom is 0.317 e. The van der Waals surface area contributed by atoms with Crippen molar-refractivity contribution in [1.82, 2.24) is 25.3 Å². The van der Waals surface area contributed by atoms with Gasteiger partial charge in [-0.1, -0.05) is 12.1 Å². The lowest BCUT2D eigenvalue weighted by Crippen LogP contribution is -2.46. The van der Waals surface area contributed by atoms with E-state index in [1.54, 1.807) is 19.9 Å². The lowest BCUT2D eigenvalue weighted by Gasteiger charge is -2.27. The molecule has 3 rings (SSSR count). The summed E-state index contributed by atoms with van der Waals surface area (Å²) in [7, 11) is 0. The molecule has 1 N–H and O–H groups in total. The summed E-state index contributed by atoms with van der Waals surface area (Å²) in [6.45, 7) is 5.09. The number of carbonyl (C=O) groups is 3. The Morgan fingerprint density at radius 2 is 1.97 bits per heavy atom. The molecule has 0 saturated carbocycles. The molecular weight excluding hydrogens is 480 g/mol. The molecule has 0 aliphatic carbocycles. The van der Waals surface area contributed by atoms with Gasteiger partial charge in [0.2, 0.25) is 11.8 Å². The average molecular weight is 512 g/mol. The van der Waals surface area contributed by atoms with E-state index in [-0.39, 0.29) is 37.6 Å². The summed E-state index contributed by atoms with van der Waals surface area (Å²) in [5, 5.41) is 6.29. The number of urea groups is 1. The third-order valence-electron chi connectivity index (χ3n) is 5.56. The number of nitrogens with zero attached hydrogens (tertiary/aromatic N) is 4. The van der Waals surface area contributed by atoms with Gasteiger partial charge in [0.1, 0.15) is 5.76 Å². The monoisotopic (exact) mass is 511 g/mol. The lowest BCUT2D eigenvalue weighted by molar-refractivity contribution is -0.129. The Bertz CT molecular complexity index is 1030. The molecule has 2 aromatic rings. The van der Waals surface area contributed by atoms with Gasteiger partial charge in [0.05, 0.1) is 19.4 Å². The number of imide groups is 1. The highest BCUT2D eigenvalue weighted by Crippen LogP contribution is 2.26. The lowest BCUT2D eigenvalue weighted by atomic mass is 10.1. The molecule has 1 aliphatic heterocycles. The van der Waals surface area contributed by atoms with Gasteiger partial charge in [-0.2, -0.15) is 0 Å². The number of halogens is 2. The zero-order valence-electron chi connectivity index (χ0n) is 20.4. The Morgan fingerprint density at radius 1 is 1.22 bits per heavy atom. The maximum absolute atomic E-state index is 14.3. The van der Waals surface area contributed by atoms with Crippen molar-refractivity contribution in [3.8, 4) is 11.5 Å². The number of hydrogen-bond donors (Lipinski definition) is 1. The molecule has 1 fully saturated rings. The molecule has 13 heteroatoms. The summed E-state index contributed by atoms with van der Waals surface area (Å²) in [4.78, 5) is 43.9. The van der Waals surface area contributed by atoms with Gasteiger partial charge in [-0.3, -0.25) is 14.5 Å². The fourth-order valence-electron chi connectivity index (χ4n) is 3.64. The van der Waals surface area contributed by atoms with Gasteiger partial charge in [0.15, 0.2) is 11.5 Å². The fourth-order valence-corrected chi connectivity index (χ4v) is 3.64. The van der Waals surface area contributed by atoms with Gasteiger partial charge in [0, 0.05) is 51.5 Å². The predicted molar refractivity (Wildman–Crippen MR) is 122 cm³/mol. The number of hydrogen-bond acceptors (Lipinski definition) is 8. The van der Waals surface area contributed by atoms with E-state index < -0.39 is 36.6 Å². The molecule has 0 unspecified atom stereocenters. The third kappa shape index (κ3) is 7.57. The highest BCUT2D eigenvalue weighted by atomic mass is 19.3. The summed E-state index contributed by atoms with van der Waals surface area (Å²) >= 11 is 0. The molecular formula is C23H31F2N5O6. The first-order valence-electron chi connectivity index (χ1n) is 11.9. The van der Waals surface area contributed by atoms with E-state index in [0.29, 0.717) is 44.2 Å². The SMILES string of the molecule is CCCN(C(=O)CCCC(F)(F)CCNC(=O)N1CCOCC1)C(=O)c1ncc(-c2cc(C)on2)o1. The Hall–Kier alpha value is -3.35. The molecule has 0 bridgehead atoms. The van der Waals surface area contributed by atoms with Crippen LogP contribution in [0.5, 0.6) is 0 Å². The smallest absolute Gasteiger partial charge is 0.317 e. The number of aryl methyl sites for hydroxylation is 1. The number of morpholine rings is 1. The van der Waals surface area contributed by atoms with Crippen LogP contribution in [0.15, 0.2) is 21.2 Å². The molecule has 1 aliphatic rings. The van der Waals surface area contributed by atoms with Crippen molar-refractivity contribution in [2.24, 2.45) is 0 Å². The van der Waals surface area contributed by atoms with Crippen LogP contribution in [0.25, 0.3) is 11.5 Å². The van der Waals surface area contributed by atoms with E-state index in [9.17, 15) is 23.2 Å². The van der Waals surface area contributed by atoms with Crippen LogP contribution in [0.1, 0.15) is 55.5 Å². The van der Waals surface area contributed by atoms with Gasteiger partial charge in [-0.15, -0.1) is 0 Å². The first-order chi connectivity index (χ1) is 17.2. The second-order valence-corrected chi connectivity index (χ2v) is 8.49. The van der Waals surface area contributed by atoms with E-state index >= 15 is 0 Å². The summed E-state index contributed by atoms with van der Waals surface area (Å²) in [6.07, 6.45) is 0.331. The van der Waals surface area contributed by atoms with Crippen LogP contribution < -0.4 is 5.32 Å². The van der Waals surface area contributed by atoms with Gasteiger partial charge in [0.25, 0.3) is 5.89 Å². The molecule has 4 amide bonds. The highest BCUT2D eigenvalue weighted by Gasteiger charge is 2.31. The second kappa shape index (κ2) is 12.6. The Balaban J connectivity index is 1.46. The van der Waals surface area contributed by atoms with Crippen molar-refractivity contribution >= 4 is 17.8 Å². The van der Waals surface area contributed by atoms with Gasteiger partial charge in [-0.25, -0.2) is 18.6 Å². The molecule has 0 aromatic carbocycles. The van der Waals surface area contributed by atoms with Gasteiger partial charge in [-0.05, 0) is 19.8 Å². The standard InChI is InChI=1S/C23H31F2N5O6/c1-3-9-30(21(32)20-27-15-18(35-20)17-14-16(2)36-28-17)19(31)5-4-6-23(24,25)7-8-26-22(33)29-10-12-34-13-11-29/h14-15H,3-13H2,1-2H3,(H,26,33). The van der Waals surface area contributed by atoms with Gasteiger partial charge >= 0.3 is 11.9 Å². The van der Waals surface area contributed by atoms with Crippen LogP contribution in [0.2, 0.25) is 0 Å². The molecule has 1 saturated heterocycles. The number of oxazole rings is 1. The third-order valence-corrected chi connectivity index (χ3v) is 5.56. The number of aromatic nitrogens is 2. The second-order valence-electron chi connectivity index (χ2n) is 8.49. The molecule has 3 heterocycles. The predicted octanol–water partition coefficient (Wildman–Crippen LogP) is 3.25. The number of nitrogens with one attached hydrogen (secondary N) is 1. The van der Waals surface area contributed by atoms with Crippen LogP contribution in [0, 0.1) is 6.92 Å². The molecule has 2 aromatic heterocycles. The zero-order chi connectivity index (χ0) is 26.1. The molecule has 0 atom stereocenters. The van der Waals surface area contributed by atoms with Gasteiger partial charge < -0.3 is 23.9 Å². The molecule has 0 spiro atoms. The molecule has 11 nitrogen and oxygen atoms in total. The number of ether oxygens (including phenoxy) is 1. The van der Waals surface area contributed by atoms with Crippen molar-refractivity contribution in [3.05, 3.63) is 23.9 Å². The summed E-state index contributed by atoms with van der Waals surface area (Å²) in [5.74, 6) is -3.94. The van der Waals surface area contributed by atoms with E-state index in [0.717, 1.165) is 4.90 Å². The Labute approximate surface area is 207 Å². The summed E-state index contributed by atoms with van der Waals surface area (Å²) < 4.78 is 44.2. The van der Waals surface area contributed by atoms with Crippen molar-refractivity contribution in [3.63, 3.8) is 0 Å². The summed E-state index contributed by atoms with van der Waals surface area (Å²) in [6, 6.07) is 1.21. The number of alkyl halides is 2. The first-order valence-corrected chi connectivity index (χ1v) is 11.9. The largest absolute Gasteiger partial charge is 0.431 e. The Morgan fingerprint density at radius 3 is 2.64 bits per heavy atom. The minimum absolute atomic E-state index is 0.0996. The van der Waals surface area contributed by atoms with E-state index in [1.807, 2.05) is 0 Å². The molecule has 0 radical (unpaired) electrons. The van der Waals surface area contributed by atoms with Crippen molar-refractivity contribution in [1.29, 1.82) is 0 Å². The van der Waals surface area contributed by atoms with E-state index in [1.165, 1.54) is 11.1 Å².